The maximum Gasteiger partial charge on any atom is 0.335 e. The molecule has 0 spiro atoms. The number of hydrogen-bond acceptors (Lipinski definition) is 3. The van der Waals surface area contributed by atoms with Gasteiger partial charge in [0.1, 0.15) is 11.6 Å². The summed E-state index contributed by atoms with van der Waals surface area (Å²) in [6.45, 7) is 2.19. The Labute approximate surface area is 179 Å². The number of aromatic amines is 1. The third-order valence-corrected chi connectivity index (χ3v) is 6.83. The molecule has 1 aliphatic rings. The van der Waals surface area contributed by atoms with Gasteiger partial charge in [-0.3, -0.25) is 4.98 Å². The smallest absolute Gasteiger partial charge is 0.335 e. The van der Waals surface area contributed by atoms with Gasteiger partial charge in [-0.1, -0.05) is 6.92 Å². The van der Waals surface area contributed by atoms with Crippen LogP contribution in [0.25, 0.3) is 21.9 Å². The lowest BCUT2D eigenvalue weighted by molar-refractivity contribution is 0.0697. The lowest BCUT2D eigenvalue weighted by atomic mass is 9.73. The van der Waals surface area contributed by atoms with Crippen molar-refractivity contribution in [2.75, 3.05) is 0 Å². The third kappa shape index (κ3) is 3.67. The van der Waals surface area contributed by atoms with Crippen LogP contribution >= 0.6 is 0 Å². The highest BCUT2D eigenvalue weighted by molar-refractivity contribution is 5.92. The molecule has 4 aromatic rings. The summed E-state index contributed by atoms with van der Waals surface area (Å²) >= 11 is 0. The first-order valence-corrected chi connectivity index (χ1v) is 10.8. The van der Waals surface area contributed by atoms with Crippen molar-refractivity contribution in [1.82, 2.24) is 15.0 Å². The van der Waals surface area contributed by atoms with Gasteiger partial charge in [0.05, 0.1) is 22.1 Å². The van der Waals surface area contributed by atoms with Crippen LogP contribution < -0.4 is 0 Å². The molecule has 2 N–H and O–H groups in total. The molecule has 2 heterocycles. The number of carboxylic acids is 1. The predicted molar refractivity (Wildman–Crippen MR) is 118 cm³/mol. The van der Waals surface area contributed by atoms with E-state index in [1.165, 1.54) is 11.6 Å². The second-order valence-electron chi connectivity index (χ2n) is 8.62. The third-order valence-electron chi connectivity index (χ3n) is 6.83. The monoisotopic (exact) mass is 417 g/mol. The number of rotatable bonds is 4. The quantitative estimate of drug-likeness (QED) is 0.425. The van der Waals surface area contributed by atoms with Gasteiger partial charge in [-0.2, -0.15) is 0 Å². The Morgan fingerprint density at radius 1 is 1.10 bits per heavy atom. The van der Waals surface area contributed by atoms with Gasteiger partial charge in [-0.05, 0) is 85.5 Å². The van der Waals surface area contributed by atoms with E-state index in [1.54, 1.807) is 30.3 Å². The van der Waals surface area contributed by atoms with Crippen molar-refractivity contribution in [1.29, 1.82) is 0 Å². The molecule has 158 valence electrons. The SMILES string of the molecule is CC(c1nc2ccc(C(=O)O)cc2[nH]1)[C@H]1CC[C@@H](c2ccnc3ccc(F)cc32)CC1. The maximum atomic E-state index is 13.8. The van der Waals surface area contributed by atoms with Gasteiger partial charge in [0.2, 0.25) is 0 Å². The number of benzene rings is 2. The molecule has 0 saturated heterocycles. The molecule has 1 aliphatic carbocycles. The summed E-state index contributed by atoms with van der Waals surface area (Å²) in [5, 5.41) is 10.1. The zero-order valence-electron chi connectivity index (χ0n) is 17.3. The van der Waals surface area contributed by atoms with E-state index in [0.29, 0.717) is 11.8 Å². The fourth-order valence-corrected chi connectivity index (χ4v) is 5.03. The molecule has 2 aromatic heterocycles. The van der Waals surface area contributed by atoms with Crippen molar-refractivity contribution in [3.8, 4) is 0 Å². The molecule has 0 radical (unpaired) electrons. The topological polar surface area (TPSA) is 78.9 Å². The summed E-state index contributed by atoms with van der Waals surface area (Å²) in [6, 6.07) is 11.8. The van der Waals surface area contributed by atoms with Gasteiger partial charge in [0.25, 0.3) is 0 Å². The van der Waals surface area contributed by atoms with Crippen LogP contribution in [0.5, 0.6) is 0 Å². The van der Waals surface area contributed by atoms with Gasteiger partial charge >= 0.3 is 5.97 Å². The summed E-state index contributed by atoms with van der Waals surface area (Å²) < 4.78 is 13.8. The molecule has 6 heteroatoms. The van der Waals surface area contributed by atoms with E-state index in [4.69, 9.17) is 4.98 Å². The Morgan fingerprint density at radius 3 is 2.65 bits per heavy atom. The zero-order chi connectivity index (χ0) is 21.5. The normalized spacial score (nSPS) is 20.2. The summed E-state index contributed by atoms with van der Waals surface area (Å²) in [5.41, 5.74) is 3.86. The number of aromatic carboxylic acids is 1. The highest BCUT2D eigenvalue weighted by Crippen LogP contribution is 2.43. The number of carbonyl (C=O) groups is 1. The van der Waals surface area contributed by atoms with E-state index in [1.807, 2.05) is 12.3 Å². The molecule has 5 nitrogen and oxygen atoms in total. The summed E-state index contributed by atoms with van der Waals surface area (Å²) in [5.74, 6) is 0.920. The second-order valence-corrected chi connectivity index (χ2v) is 8.62. The Morgan fingerprint density at radius 2 is 1.87 bits per heavy atom. The van der Waals surface area contributed by atoms with Gasteiger partial charge in [-0.15, -0.1) is 0 Å². The molecule has 1 fully saturated rings. The fraction of sp³-hybridized carbons (Fsp3) is 0.320. The van der Waals surface area contributed by atoms with Crippen LogP contribution in [0.3, 0.4) is 0 Å². The minimum Gasteiger partial charge on any atom is -0.478 e. The maximum absolute atomic E-state index is 13.8. The van der Waals surface area contributed by atoms with Crippen LogP contribution in [0.15, 0.2) is 48.7 Å². The molecule has 0 bridgehead atoms. The average molecular weight is 417 g/mol. The van der Waals surface area contributed by atoms with E-state index in [0.717, 1.165) is 53.4 Å². The number of halogens is 1. The van der Waals surface area contributed by atoms with Gasteiger partial charge in [0.15, 0.2) is 0 Å². The van der Waals surface area contributed by atoms with Gasteiger partial charge < -0.3 is 10.1 Å². The lowest BCUT2D eigenvalue weighted by Gasteiger charge is -2.32. The highest BCUT2D eigenvalue weighted by Gasteiger charge is 2.29. The van der Waals surface area contributed by atoms with E-state index < -0.39 is 5.97 Å². The Balaban J connectivity index is 1.33. The van der Waals surface area contributed by atoms with E-state index in [-0.39, 0.29) is 17.3 Å². The number of nitrogens with zero attached hydrogens (tertiary/aromatic N) is 2. The Hall–Kier alpha value is -3.28. The molecule has 5 rings (SSSR count). The highest BCUT2D eigenvalue weighted by atomic mass is 19.1. The number of imidazole rings is 1. The zero-order valence-corrected chi connectivity index (χ0v) is 17.3. The van der Waals surface area contributed by atoms with Crippen LogP contribution in [0, 0.1) is 11.7 Å². The second kappa shape index (κ2) is 7.76. The molecule has 0 aliphatic heterocycles. The van der Waals surface area contributed by atoms with Crippen molar-refractivity contribution < 1.29 is 14.3 Å². The Kier molecular flexibility index (Phi) is 4.93. The predicted octanol–water partition coefficient (Wildman–Crippen LogP) is 6.03. The molecular weight excluding hydrogens is 393 g/mol. The van der Waals surface area contributed by atoms with Crippen molar-refractivity contribution in [3.63, 3.8) is 0 Å². The van der Waals surface area contributed by atoms with E-state index in [2.05, 4.69) is 16.9 Å². The van der Waals surface area contributed by atoms with Crippen LogP contribution in [0.4, 0.5) is 4.39 Å². The lowest BCUT2D eigenvalue weighted by Crippen LogP contribution is -2.19. The van der Waals surface area contributed by atoms with Crippen LogP contribution in [0.2, 0.25) is 0 Å². The Bertz CT molecular complexity index is 1270. The fourth-order valence-electron chi connectivity index (χ4n) is 5.03. The number of hydrogen-bond donors (Lipinski definition) is 2. The average Bonchev–Trinajstić information content (AvgIpc) is 3.21. The first-order chi connectivity index (χ1) is 15.0. The molecule has 1 atom stereocenters. The minimum atomic E-state index is -0.937. The summed E-state index contributed by atoms with van der Waals surface area (Å²) in [6.07, 6.45) is 6.07. The number of carboxylic acid groups (broad SMARTS) is 1. The standard InChI is InChI=1S/C25H24FN3O2/c1-14(24-28-22-8-6-17(25(30)31)12-23(22)29-24)15-2-4-16(5-3-15)19-10-11-27-21-9-7-18(26)13-20(19)21/h6-16H,2-5H2,1H3,(H,28,29)(H,30,31)/t14?,15-,16+. The molecule has 1 saturated carbocycles. The number of nitrogens with one attached hydrogen (secondary N) is 1. The van der Waals surface area contributed by atoms with Crippen LogP contribution in [-0.2, 0) is 0 Å². The summed E-state index contributed by atoms with van der Waals surface area (Å²) in [7, 11) is 0. The first-order valence-electron chi connectivity index (χ1n) is 10.8. The minimum absolute atomic E-state index is 0.222. The van der Waals surface area contributed by atoms with Gasteiger partial charge in [0, 0.05) is 17.5 Å². The number of H-pyrrole nitrogens is 1. The molecule has 31 heavy (non-hydrogen) atoms. The number of aromatic nitrogens is 3. The molecule has 2 aromatic carbocycles. The summed E-state index contributed by atoms with van der Waals surface area (Å²) in [4.78, 5) is 23.7. The van der Waals surface area contributed by atoms with E-state index >= 15 is 0 Å². The van der Waals surface area contributed by atoms with Crippen molar-refractivity contribution in [2.45, 2.75) is 44.4 Å². The molecular formula is C25H24FN3O2. The number of pyridine rings is 1. The largest absolute Gasteiger partial charge is 0.478 e. The van der Waals surface area contributed by atoms with E-state index in [9.17, 15) is 14.3 Å². The molecule has 1 unspecified atom stereocenters. The number of fused-ring (bicyclic) bond motifs is 2. The van der Waals surface area contributed by atoms with Crippen molar-refractivity contribution in [2.24, 2.45) is 5.92 Å². The first kappa shape index (κ1) is 19.7. The molecule has 0 amide bonds. The van der Waals surface area contributed by atoms with Crippen molar-refractivity contribution >= 4 is 27.9 Å². The van der Waals surface area contributed by atoms with Crippen LogP contribution in [-0.4, -0.2) is 26.0 Å². The van der Waals surface area contributed by atoms with Crippen molar-refractivity contribution in [3.05, 3.63) is 71.4 Å². The van der Waals surface area contributed by atoms with Gasteiger partial charge in [-0.25, -0.2) is 14.2 Å². The van der Waals surface area contributed by atoms with Crippen LogP contribution in [0.1, 0.15) is 66.2 Å².